The first-order valence-electron chi connectivity index (χ1n) is 5.96. The molecule has 0 bridgehead atoms. The monoisotopic (exact) mass is 276 g/mol. The van der Waals surface area contributed by atoms with Crippen molar-refractivity contribution >= 4 is 23.0 Å². The number of thiophene rings is 1. The Labute approximate surface area is 116 Å². The van der Waals surface area contributed by atoms with Gasteiger partial charge in [0.05, 0.1) is 0 Å². The molecule has 0 atom stereocenters. The number of carboxylic acid groups (broad SMARTS) is 1. The van der Waals surface area contributed by atoms with Crippen LogP contribution in [0.1, 0.15) is 29.2 Å². The fraction of sp³-hybridized carbons (Fsp3) is 0.286. The third-order valence-electron chi connectivity index (χ3n) is 2.90. The van der Waals surface area contributed by atoms with Crippen molar-refractivity contribution in [2.75, 3.05) is 11.9 Å². The predicted octanol–water partition coefficient (Wildman–Crippen LogP) is 3.23. The molecule has 100 valence electrons. The Kier molecular flexibility index (Phi) is 3.85. The summed E-state index contributed by atoms with van der Waals surface area (Å²) in [4.78, 5) is 15.9. The summed E-state index contributed by atoms with van der Waals surface area (Å²) >= 11 is 1.73. The van der Waals surface area contributed by atoms with Gasteiger partial charge in [-0.05, 0) is 23.6 Å². The summed E-state index contributed by atoms with van der Waals surface area (Å²) in [5, 5.41) is 14.2. The lowest BCUT2D eigenvalue weighted by Crippen LogP contribution is -2.26. The molecule has 2 rings (SSSR count). The minimum Gasteiger partial charge on any atom is -0.477 e. The molecule has 19 heavy (non-hydrogen) atoms. The molecule has 2 aromatic heterocycles. The first kappa shape index (κ1) is 13.5. The maximum Gasteiger partial charge on any atom is 0.354 e. The largest absolute Gasteiger partial charge is 0.477 e. The van der Waals surface area contributed by atoms with E-state index in [1.54, 1.807) is 23.5 Å². The fourth-order valence-electron chi connectivity index (χ4n) is 1.73. The highest BCUT2D eigenvalue weighted by atomic mass is 32.1. The molecule has 0 aliphatic carbocycles. The van der Waals surface area contributed by atoms with E-state index in [9.17, 15) is 4.79 Å². The minimum atomic E-state index is -1.01. The number of carbonyl (C=O) groups is 1. The van der Waals surface area contributed by atoms with Crippen molar-refractivity contribution in [3.8, 4) is 0 Å². The van der Waals surface area contributed by atoms with Gasteiger partial charge in [0.15, 0.2) is 0 Å². The number of anilines is 1. The Morgan fingerprint density at radius 2 is 2.26 bits per heavy atom. The first-order valence-corrected chi connectivity index (χ1v) is 6.84. The standard InChI is InChI=1S/C14H16N2O2S/c1-14(2,12-4-3-7-19-12)9-16-10-5-6-15-11(8-10)13(17)18/h3-8H,9H2,1-2H3,(H,15,16)(H,17,18). The molecule has 0 fully saturated rings. The highest BCUT2D eigenvalue weighted by Gasteiger charge is 2.21. The molecule has 2 aromatic rings. The number of aromatic carboxylic acids is 1. The van der Waals surface area contributed by atoms with E-state index in [-0.39, 0.29) is 11.1 Å². The third-order valence-corrected chi connectivity index (χ3v) is 4.14. The number of nitrogens with one attached hydrogen (secondary N) is 1. The molecule has 0 aromatic carbocycles. The highest BCUT2D eigenvalue weighted by Crippen LogP contribution is 2.27. The number of hydrogen-bond donors (Lipinski definition) is 2. The molecule has 0 radical (unpaired) electrons. The van der Waals surface area contributed by atoms with E-state index >= 15 is 0 Å². The number of carboxylic acids is 1. The van der Waals surface area contributed by atoms with Gasteiger partial charge in [-0.2, -0.15) is 0 Å². The predicted molar refractivity (Wildman–Crippen MR) is 77.0 cm³/mol. The second kappa shape index (κ2) is 5.40. The molecule has 4 nitrogen and oxygen atoms in total. The second-order valence-corrected chi connectivity index (χ2v) is 5.90. The summed E-state index contributed by atoms with van der Waals surface area (Å²) in [7, 11) is 0. The Morgan fingerprint density at radius 1 is 1.47 bits per heavy atom. The fourth-order valence-corrected chi connectivity index (χ4v) is 2.58. The van der Waals surface area contributed by atoms with E-state index in [0.29, 0.717) is 0 Å². The molecule has 0 saturated heterocycles. The second-order valence-electron chi connectivity index (χ2n) is 4.95. The maximum absolute atomic E-state index is 10.9. The first-order chi connectivity index (χ1) is 8.99. The number of rotatable bonds is 5. The Balaban J connectivity index is 2.06. The van der Waals surface area contributed by atoms with Crippen LogP contribution in [0.2, 0.25) is 0 Å². The van der Waals surface area contributed by atoms with Crippen molar-refractivity contribution in [1.82, 2.24) is 4.98 Å². The van der Waals surface area contributed by atoms with Gasteiger partial charge in [-0.3, -0.25) is 0 Å². The van der Waals surface area contributed by atoms with Crippen molar-refractivity contribution in [2.45, 2.75) is 19.3 Å². The van der Waals surface area contributed by atoms with Crippen LogP contribution in [0.25, 0.3) is 0 Å². The zero-order chi connectivity index (χ0) is 13.9. The van der Waals surface area contributed by atoms with Gasteiger partial charge < -0.3 is 10.4 Å². The van der Waals surface area contributed by atoms with E-state index in [0.717, 1.165) is 12.2 Å². The summed E-state index contributed by atoms with van der Waals surface area (Å²) in [5.74, 6) is -1.01. The molecule has 0 saturated carbocycles. The molecule has 0 spiro atoms. The molecule has 0 aliphatic heterocycles. The maximum atomic E-state index is 10.9. The number of hydrogen-bond acceptors (Lipinski definition) is 4. The molecular weight excluding hydrogens is 260 g/mol. The van der Waals surface area contributed by atoms with Crippen molar-refractivity contribution < 1.29 is 9.90 Å². The topological polar surface area (TPSA) is 62.2 Å². The minimum absolute atomic E-state index is 0.000817. The average molecular weight is 276 g/mol. The van der Waals surface area contributed by atoms with E-state index in [2.05, 4.69) is 35.6 Å². The van der Waals surface area contributed by atoms with Crippen LogP contribution in [0, 0.1) is 0 Å². The Bertz CT molecular complexity index is 565. The van der Waals surface area contributed by atoms with Crippen LogP contribution in [0.5, 0.6) is 0 Å². The summed E-state index contributed by atoms with van der Waals surface area (Å²) < 4.78 is 0. The van der Waals surface area contributed by atoms with Gasteiger partial charge in [-0.1, -0.05) is 19.9 Å². The van der Waals surface area contributed by atoms with Crippen LogP contribution in [-0.2, 0) is 5.41 Å². The van der Waals surface area contributed by atoms with Gasteiger partial charge in [-0.15, -0.1) is 11.3 Å². The Morgan fingerprint density at radius 3 is 2.89 bits per heavy atom. The summed E-state index contributed by atoms with van der Waals surface area (Å²) in [5.41, 5.74) is 0.830. The van der Waals surface area contributed by atoms with Crippen molar-refractivity contribution in [1.29, 1.82) is 0 Å². The number of aromatic nitrogens is 1. The van der Waals surface area contributed by atoms with Crippen molar-refractivity contribution in [3.63, 3.8) is 0 Å². The lowest BCUT2D eigenvalue weighted by molar-refractivity contribution is 0.0690. The van der Waals surface area contributed by atoms with Gasteiger partial charge in [0.25, 0.3) is 0 Å². The van der Waals surface area contributed by atoms with Gasteiger partial charge in [0, 0.05) is 28.7 Å². The number of pyridine rings is 1. The molecule has 0 amide bonds. The smallest absolute Gasteiger partial charge is 0.354 e. The van der Waals surface area contributed by atoms with Gasteiger partial charge in [0.2, 0.25) is 0 Å². The van der Waals surface area contributed by atoms with Crippen LogP contribution in [0.3, 0.4) is 0 Å². The highest BCUT2D eigenvalue weighted by molar-refractivity contribution is 7.10. The zero-order valence-corrected chi connectivity index (χ0v) is 11.7. The quantitative estimate of drug-likeness (QED) is 0.880. The normalized spacial score (nSPS) is 11.3. The molecule has 5 heteroatoms. The lowest BCUT2D eigenvalue weighted by atomic mass is 9.91. The van der Waals surface area contributed by atoms with E-state index in [1.807, 2.05) is 6.07 Å². The average Bonchev–Trinajstić information content (AvgIpc) is 2.91. The van der Waals surface area contributed by atoms with Crippen LogP contribution in [-0.4, -0.2) is 22.6 Å². The van der Waals surface area contributed by atoms with E-state index < -0.39 is 5.97 Å². The van der Waals surface area contributed by atoms with E-state index in [4.69, 9.17) is 5.11 Å². The SMILES string of the molecule is CC(C)(CNc1ccnc(C(=O)O)c1)c1cccs1. The van der Waals surface area contributed by atoms with Crippen LogP contribution in [0.15, 0.2) is 35.8 Å². The van der Waals surface area contributed by atoms with Gasteiger partial charge >= 0.3 is 5.97 Å². The molecule has 2 N–H and O–H groups in total. The summed E-state index contributed by atoms with van der Waals surface area (Å²) in [6.07, 6.45) is 1.50. The molecule has 0 unspecified atom stereocenters. The van der Waals surface area contributed by atoms with Gasteiger partial charge in [-0.25, -0.2) is 9.78 Å². The lowest BCUT2D eigenvalue weighted by Gasteiger charge is -2.24. The molecular formula is C14H16N2O2S. The third kappa shape index (κ3) is 3.32. The summed E-state index contributed by atoms with van der Waals surface area (Å²) in [6, 6.07) is 7.47. The van der Waals surface area contributed by atoms with Crippen LogP contribution < -0.4 is 5.32 Å². The van der Waals surface area contributed by atoms with E-state index in [1.165, 1.54) is 11.1 Å². The van der Waals surface area contributed by atoms with Crippen molar-refractivity contribution in [2.24, 2.45) is 0 Å². The molecule has 0 aliphatic rings. The van der Waals surface area contributed by atoms with Crippen LogP contribution in [0.4, 0.5) is 5.69 Å². The zero-order valence-electron chi connectivity index (χ0n) is 10.9. The molecule has 2 heterocycles. The van der Waals surface area contributed by atoms with Gasteiger partial charge in [0.1, 0.15) is 5.69 Å². The van der Waals surface area contributed by atoms with Crippen molar-refractivity contribution in [3.05, 3.63) is 46.4 Å². The number of nitrogens with zero attached hydrogens (tertiary/aromatic N) is 1. The Hall–Kier alpha value is -1.88. The summed E-state index contributed by atoms with van der Waals surface area (Å²) in [6.45, 7) is 5.05. The van der Waals surface area contributed by atoms with Crippen LogP contribution >= 0.6 is 11.3 Å².